The molecular weight excluding hydrogens is 398 g/mol. The maximum atomic E-state index is 12.8. The molecule has 0 bridgehead atoms. The van der Waals surface area contributed by atoms with Crippen molar-refractivity contribution in [1.29, 1.82) is 0 Å². The molecule has 3 aromatic carbocycles. The highest BCUT2D eigenvalue weighted by molar-refractivity contribution is 6.04. The Kier molecular flexibility index (Phi) is 6.12. The van der Waals surface area contributed by atoms with E-state index in [1.807, 2.05) is 31.2 Å². The van der Waals surface area contributed by atoms with E-state index in [0.717, 1.165) is 5.56 Å². The lowest BCUT2D eigenvalue weighted by atomic mass is 10.1. The summed E-state index contributed by atoms with van der Waals surface area (Å²) in [6, 6.07) is 17.9. The van der Waals surface area contributed by atoms with Crippen LogP contribution in [-0.4, -0.2) is 26.4 Å². The van der Waals surface area contributed by atoms with Crippen molar-refractivity contribution in [2.45, 2.75) is 13.5 Å². The van der Waals surface area contributed by atoms with Crippen molar-refractivity contribution in [3.8, 4) is 28.7 Å². The first kappa shape index (κ1) is 20.4. The number of carbonyl (C=O) groups is 1. The molecule has 0 spiro atoms. The quantitative estimate of drug-likeness (QED) is 0.571. The minimum atomic E-state index is -0.250. The lowest BCUT2D eigenvalue weighted by molar-refractivity contribution is 0.102. The van der Waals surface area contributed by atoms with Gasteiger partial charge in [0.1, 0.15) is 12.4 Å². The van der Waals surface area contributed by atoms with Crippen molar-refractivity contribution in [2.75, 3.05) is 25.8 Å². The van der Waals surface area contributed by atoms with E-state index in [9.17, 15) is 4.79 Å². The van der Waals surface area contributed by atoms with Gasteiger partial charge in [0.2, 0.25) is 6.79 Å². The fraction of sp³-hybridized carbons (Fsp3) is 0.208. The van der Waals surface area contributed by atoms with Gasteiger partial charge >= 0.3 is 0 Å². The molecular formula is C24H23NO6. The van der Waals surface area contributed by atoms with Crippen LogP contribution < -0.4 is 29.0 Å². The SMILES string of the molecule is CCOc1ccc(C(=O)Nc2ccc3c(c2)OCO3)cc1COc1ccccc1OC. The van der Waals surface area contributed by atoms with E-state index < -0.39 is 0 Å². The van der Waals surface area contributed by atoms with E-state index in [1.165, 1.54) is 0 Å². The molecule has 0 fully saturated rings. The summed E-state index contributed by atoms with van der Waals surface area (Å²) in [5, 5.41) is 2.88. The number of carbonyl (C=O) groups excluding carboxylic acids is 1. The number of para-hydroxylation sites is 2. The second kappa shape index (κ2) is 9.30. The molecule has 0 unspecified atom stereocenters. The summed E-state index contributed by atoms with van der Waals surface area (Å²) >= 11 is 0. The number of fused-ring (bicyclic) bond motifs is 1. The van der Waals surface area contributed by atoms with E-state index >= 15 is 0 Å². The maximum absolute atomic E-state index is 12.8. The van der Waals surface area contributed by atoms with E-state index in [1.54, 1.807) is 43.5 Å². The summed E-state index contributed by atoms with van der Waals surface area (Å²) in [4.78, 5) is 12.8. The van der Waals surface area contributed by atoms with Crippen molar-refractivity contribution < 1.29 is 28.5 Å². The van der Waals surface area contributed by atoms with Gasteiger partial charge in [-0.25, -0.2) is 0 Å². The zero-order chi connectivity index (χ0) is 21.6. The number of ether oxygens (including phenoxy) is 5. The monoisotopic (exact) mass is 421 g/mol. The standard InChI is InChI=1S/C24H23NO6/c1-3-28-19-10-8-16(12-17(19)14-29-21-7-5-4-6-20(21)27-2)24(26)25-18-9-11-22-23(13-18)31-15-30-22/h4-13H,3,14-15H2,1-2H3,(H,25,26). The molecule has 0 saturated heterocycles. The fourth-order valence-corrected chi connectivity index (χ4v) is 3.20. The Balaban J connectivity index is 1.52. The van der Waals surface area contributed by atoms with Gasteiger partial charge in [-0.05, 0) is 49.4 Å². The second-order valence-corrected chi connectivity index (χ2v) is 6.72. The first-order valence-electron chi connectivity index (χ1n) is 9.90. The van der Waals surface area contributed by atoms with Crippen LogP contribution in [0, 0.1) is 0 Å². The van der Waals surface area contributed by atoms with Gasteiger partial charge in [0, 0.05) is 22.9 Å². The number of nitrogens with one attached hydrogen (secondary N) is 1. The van der Waals surface area contributed by atoms with Gasteiger partial charge in [-0.3, -0.25) is 4.79 Å². The van der Waals surface area contributed by atoms with Crippen LogP contribution in [-0.2, 0) is 6.61 Å². The first-order chi connectivity index (χ1) is 15.2. The number of benzene rings is 3. The summed E-state index contributed by atoms with van der Waals surface area (Å²) in [7, 11) is 1.59. The molecule has 1 N–H and O–H groups in total. The zero-order valence-electron chi connectivity index (χ0n) is 17.3. The molecule has 160 valence electrons. The molecule has 4 rings (SSSR count). The molecule has 0 atom stereocenters. The molecule has 7 heteroatoms. The molecule has 1 heterocycles. The van der Waals surface area contributed by atoms with Gasteiger partial charge in [-0.1, -0.05) is 12.1 Å². The van der Waals surface area contributed by atoms with E-state index in [-0.39, 0.29) is 19.3 Å². The van der Waals surface area contributed by atoms with Crippen molar-refractivity contribution in [3.63, 3.8) is 0 Å². The average molecular weight is 421 g/mol. The molecule has 31 heavy (non-hydrogen) atoms. The smallest absolute Gasteiger partial charge is 0.255 e. The highest BCUT2D eigenvalue weighted by Gasteiger charge is 2.16. The topological polar surface area (TPSA) is 75.3 Å². The molecule has 1 aliphatic rings. The minimum Gasteiger partial charge on any atom is -0.493 e. The lowest BCUT2D eigenvalue weighted by Crippen LogP contribution is -2.13. The van der Waals surface area contributed by atoms with Gasteiger partial charge in [0.25, 0.3) is 5.91 Å². The summed E-state index contributed by atoms with van der Waals surface area (Å²) in [6.07, 6.45) is 0. The highest BCUT2D eigenvalue weighted by atomic mass is 16.7. The second-order valence-electron chi connectivity index (χ2n) is 6.72. The molecule has 0 radical (unpaired) electrons. The van der Waals surface area contributed by atoms with Crippen LogP contribution in [0.2, 0.25) is 0 Å². The van der Waals surface area contributed by atoms with Crippen LogP contribution >= 0.6 is 0 Å². The molecule has 1 aliphatic heterocycles. The van der Waals surface area contributed by atoms with Gasteiger partial charge in [-0.2, -0.15) is 0 Å². The average Bonchev–Trinajstić information content (AvgIpc) is 3.26. The Hall–Kier alpha value is -3.87. The number of hydrogen-bond acceptors (Lipinski definition) is 6. The number of amides is 1. The number of rotatable bonds is 8. The third-order valence-electron chi connectivity index (χ3n) is 4.71. The van der Waals surface area contributed by atoms with Crippen LogP contribution in [0.1, 0.15) is 22.8 Å². The molecule has 0 saturated carbocycles. The predicted molar refractivity (Wildman–Crippen MR) is 115 cm³/mol. The van der Waals surface area contributed by atoms with Crippen LogP contribution in [0.15, 0.2) is 60.7 Å². The first-order valence-corrected chi connectivity index (χ1v) is 9.90. The maximum Gasteiger partial charge on any atom is 0.255 e. The fourth-order valence-electron chi connectivity index (χ4n) is 3.20. The lowest BCUT2D eigenvalue weighted by Gasteiger charge is -2.15. The van der Waals surface area contributed by atoms with Gasteiger partial charge in [-0.15, -0.1) is 0 Å². The van der Waals surface area contributed by atoms with Crippen molar-refractivity contribution in [2.24, 2.45) is 0 Å². The van der Waals surface area contributed by atoms with Crippen LogP contribution in [0.4, 0.5) is 5.69 Å². The molecule has 0 aliphatic carbocycles. The number of methoxy groups -OCH3 is 1. The van der Waals surface area contributed by atoms with E-state index in [2.05, 4.69) is 5.32 Å². The molecule has 0 aromatic heterocycles. The Labute approximate surface area is 180 Å². The summed E-state index contributed by atoms with van der Waals surface area (Å²) in [5.41, 5.74) is 1.86. The number of hydrogen-bond donors (Lipinski definition) is 1. The zero-order valence-corrected chi connectivity index (χ0v) is 17.3. The summed E-state index contributed by atoms with van der Waals surface area (Å²) in [6.45, 7) is 2.82. The van der Waals surface area contributed by atoms with E-state index in [4.69, 9.17) is 23.7 Å². The molecule has 3 aromatic rings. The summed E-state index contributed by atoms with van der Waals surface area (Å²) < 4.78 is 27.6. The minimum absolute atomic E-state index is 0.182. The van der Waals surface area contributed by atoms with E-state index in [0.29, 0.717) is 46.6 Å². The summed E-state index contributed by atoms with van der Waals surface area (Å²) in [5.74, 6) is 2.93. The predicted octanol–water partition coefficient (Wildman–Crippen LogP) is 4.65. The Morgan fingerprint density at radius 3 is 2.55 bits per heavy atom. The van der Waals surface area contributed by atoms with Crippen molar-refractivity contribution in [3.05, 3.63) is 71.8 Å². The largest absolute Gasteiger partial charge is 0.493 e. The Morgan fingerprint density at radius 2 is 1.74 bits per heavy atom. The Bertz CT molecular complexity index is 1080. The van der Waals surface area contributed by atoms with Gasteiger partial charge < -0.3 is 29.0 Å². The van der Waals surface area contributed by atoms with Crippen LogP contribution in [0.3, 0.4) is 0 Å². The highest BCUT2D eigenvalue weighted by Crippen LogP contribution is 2.34. The van der Waals surface area contributed by atoms with Crippen LogP contribution in [0.25, 0.3) is 0 Å². The molecule has 7 nitrogen and oxygen atoms in total. The van der Waals surface area contributed by atoms with Crippen molar-refractivity contribution in [1.82, 2.24) is 0 Å². The number of anilines is 1. The third kappa shape index (κ3) is 4.66. The van der Waals surface area contributed by atoms with Crippen LogP contribution in [0.5, 0.6) is 28.7 Å². The van der Waals surface area contributed by atoms with Gasteiger partial charge in [0.05, 0.1) is 13.7 Å². The third-order valence-corrected chi connectivity index (χ3v) is 4.71. The Morgan fingerprint density at radius 1 is 0.935 bits per heavy atom. The normalized spacial score (nSPS) is 11.7. The van der Waals surface area contributed by atoms with Gasteiger partial charge in [0.15, 0.2) is 23.0 Å². The molecule has 1 amide bonds. The van der Waals surface area contributed by atoms with Crippen molar-refractivity contribution >= 4 is 11.6 Å².